The summed E-state index contributed by atoms with van der Waals surface area (Å²) in [7, 11) is 4.40. The van der Waals surface area contributed by atoms with Crippen molar-refractivity contribution >= 4 is 0 Å². The van der Waals surface area contributed by atoms with Crippen molar-refractivity contribution in [1.29, 1.82) is 0 Å². The van der Waals surface area contributed by atoms with Gasteiger partial charge in [-0.05, 0) is 39.5 Å². The molecule has 2 unspecified atom stereocenters. The molecule has 0 aromatic rings. The molecule has 3 heteroatoms. The number of aliphatic hydroxyl groups excluding tert-OH is 1. The first kappa shape index (κ1) is 17.2. The summed E-state index contributed by atoms with van der Waals surface area (Å²) in [5, 5.41) is 10.8. The van der Waals surface area contributed by atoms with Crippen LogP contribution in [0.5, 0.6) is 0 Å². The van der Waals surface area contributed by atoms with Crippen LogP contribution in [0.1, 0.15) is 57.8 Å². The molecule has 1 aliphatic heterocycles. The number of hydrogen-bond donors (Lipinski definition) is 1. The summed E-state index contributed by atoms with van der Waals surface area (Å²) in [6.07, 6.45) is 12.1. The topological polar surface area (TPSA) is 26.7 Å². The van der Waals surface area contributed by atoms with E-state index in [0.717, 1.165) is 25.6 Å². The Bertz CT molecular complexity index is 274. The number of likely N-dealkylation sites (N-methyl/N-ethyl adjacent to an activating group) is 1. The van der Waals surface area contributed by atoms with Gasteiger partial charge in [0.15, 0.2) is 0 Å². The van der Waals surface area contributed by atoms with E-state index in [0.29, 0.717) is 5.92 Å². The smallest absolute Gasteiger partial charge is 0.0709 e. The molecule has 0 aromatic heterocycles. The van der Waals surface area contributed by atoms with E-state index in [-0.39, 0.29) is 6.10 Å². The summed E-state index contributed by atoms with van der Waals surface area (Å²) < 4.78 is 0. The minimum Gasteiger partial charge on any atom is -0.391 e. The third-order valence-electron chi connectivity index (χ3n) is 5.60. The molecule has 0 amide bonds. The third-order valence-corrected chi connectivity index (χ3v) is 5.60. The number of hydrogen-bond acceptors (Lipinski definition) is 3. The highest BCUT2D eigenvalue weighted by Crippen LogP contribution is 2.31. The maximum absolute atomic E-state index is 10.8. The zero-order valence-electron chi connectivity index (χ0n) is 14.3. The molecule has 0 radical (unpaired) electrons. The van der Waals surface area contributed by atoms with Crippen molar-refractivity contribution in [3.05, 3.63) is 0 Å². The maximum atomic E-state index is 10.8. The number of aliphatic hydroxyl groups is 1. The molecule has 0 bridgehead atoms. The highest BCUT2D eigenvalue weighted by Gasteiger charge is 2.30. The second kappa shape index (κ2) is 9.12. The van der Waals surface area contributed by atoms with Gasteiger partial charge in [-0.15, -0.1) is 0 Å². The molecule has 2 rings (SSSR count). The van der Waals surface area contributed by atoms with Crippen molar-refractivity contribution in [2.45, 2.75) is 63.9 Å². The van der Waals surface area contributed by atoms with E-state index in [9.17, 15) is 5.11 Å². The Labute approximate surface area is 131 Å². The summed E-state index contributed by atoms with van der Waals surface area (Å²) in [5.41, 5.74) is 0. The van der Waals surface area contributed by atoms with Gasteiger partial charge in [-0.25, -0.2) is 0 Å². The lowest BCUT2D eigenvalue weighted by Gasteiger charge is -2.34. The lowest BCUT2D eigenvalue weighted by atomic mass is 9.80. The summed E-state index contributed by atoms with van der Waals surface area (Å²) in [6, 6.07) is 0. The van der Waals surface area contributed by atoms with Crippen LogP contribution in [0.2, 0.25) is 0 Å². The molecular formula is C18H36N2O. The zero-order valence-corrected chi connectivity index (χ0v) is 14.3. The van der Waals surface area contributed by atoms with Crippen LogP contribution in [0, 0.1) is 11.8 Å². The minimum absolute atomic E-state index is 0.152. The molecule has 1 N–H and O–H groups in total. The Morgan fingerprint density at radius 3 is 1.86 bits per heavy atom. The van der Waals surface area contributed by atoms with Gasteiger partial charge in [0.1, 0.15) is 0 Å². The molecule has 1 heterocycles. The normalized spacial score (nSPS) is 33.3. The van der Waals surface area contributed by atoms with Crippen LogP contribution in [0.15, 0.2) is 0 Å². The molecular weight excluding hydrogens is 260 g/mol. The molecule has 2 fully saturated rings. The quantitative estimate of drug-likeness (QED) is 0.806. The maximum Gasteiger partial charge on any atom is 0.0709 e. The van der Waals surface area contributed by atoms with E-state index in [1.165, 1.54) is 64.3 Å². The van der Waals surface area contributed by atoms with Gasteiger partial charge in [-0.3, -0.25) is 0 Å². The van der Waals surface area contributed by atoms with E-state index in [1.807, 2.05) is 0 Å². The van der Waals surface area contributed by atoms with E-state index in [1.54, 1.807) is 0 Å². The Hall–Kier alpha value is -0.120. The largest absolute Gasteiger partial charge is 0.391 e. The zero-order chi connectivity index (χ0) is 15.1. The van der Waals surface area contributed by atoms with Crippen molar-refractivity contribution in [3.63, 3.8) is 0 Å². The first-order valence-electron chi connectivity index (χ1n) is 9.22. The molecule has 1 saturated heterocycles. The average molecular weight is 296 g/mol. The first-order valence-corrected chi connectivity index (χ1v) is 9.22. The number of rotatable bonds is 1. The number of nitrogens with zero attached hydrogens (tertiary/aromatic N) is 2. The van der Waals surface area contributed by atoms with E-state index in [2.05, 4.69) is 23.9 Å². The molecule has 0 spiro atoms. The van der Waals surface area contributed by atoms with Gasteiger partial charge in [0.25, 0.3) is 0 Å². The lowest BCUT2D eigenvalue weighted by Crippen LogP contribution is -2.41. The van der Waals surface area contributed by atoms with Gasteiger partial charge < -0.3 is 14.9 Å². The van der Waals surface area contributed by atoms with Crippen molar-refractivity contribution in [2.75, 3.05) is 40.3 Å². The van der Waals surface area contributed by atoms with Gasteiger partial charge in [-0.1, -0.05) is 51.4 Å². The van der Waals surface area contributed by atoms with E-state index >= 15 is 0 Å². The van der Waals surface area contributed by atoms with Gasteiger partial charge >= 0.3 is 0 Å². The highest BCUT2D eigenvalue weighted by atomic mass is 16.3. The predicted molar refractivity (Wildman–Crippen MR) is 89.5 cm³/mol. The SMILES string of the molecule is CN1CCCN(C)CC(C2CCCCCCCC2)C(O)C1. The van der Waals surface area contributed by atoms with Crippen LogP contribution in [-0.4, -0.2) is 61.3 Å². The van der Waals surface area contributed by atoms with Crippen LogP contribution in [0.4, 0.5) is 0 Å². The summed E-state index contributed by atoms with van der Waals surface area (Å²) in [5.74, 6) is 1.20. The summed E-state index contributed by atoms with van der Waals surface area (Å²) in [4.78, 5) is 4.78. The Morgan fingerprint density at radius 2 is 1.24 bits per heavy atom. The first-order chi connectivity index (χ1) is 10.2. The monoisotopic (exact) mass is 296 g/mol. The third kappa shape index (κ3) is 5.88. The fourth-order valence-corrected chi connectivity index (χ4v) is 4.29. The minimum atomic E-state index is -0.152. The molecule has 2 atom stereocenters. The molecule has 0 aromatic carbocycles. The molecule has 1 aliphatic carbocycles. The van der Waals surface area contributed by atoms with Gasteiger partial charge in [-0.2, -0.15) is 0 Å². The molecule has 21 heavy (non-hydrogen) atoms. The molecule has 1 saturated carbocycles. The molecule has 3 nitrogen and oxygen atoms in total. The standard InChI is InChI=1S/C18H36N2O/c1-19-12-9-13-20(2)15-18(21)17(14-19)16-10-7-5-3-4-6-8-11-16/h16-18,21H,3-15H2,1-2H3. The average Bonchev–Trinajstić information content (AvgIpc) is 2.60. The molecule has 124 valence electrons. The van der Waals surface area contributed by atoms with Gasteiger partial charge in [0.05, 0.1) is 6.10 Å². The second-order valence-electron chi connectivity index (χ2n) is 7.57. The van der Waals surface area contributed by atoms with Crippen molar-refractivity contribution in [3.8, 4) is 0 Å². The van der Waals surface area contributed by atoms with Crippen LogP contribution in [0.3, 0.4) is 0 Å². The summed E-state index contributed by atoms with van der Waals surface area (Å²) >= 11 is 0. The fourth-order valence-electron chi connectivity index (χ4n) is 4.29. The second-order valence-corrected chi connectivity index (χ2v) is 7.57. The fraction of sp³-hybridized carbons (Fsp3) is 1.00. The van der Waals surface area contributed by atoms with Crippen molar-refractivity contribution < 1.29 is 5.11 Å². The van der Waals surface area contributed by atoms with Gasteiger partial charge in [0, 0.05) is 19.0 Å². The number of β-amino-alcohol motifs (C(OH)–C–C–N with tert-alkyl or cyclic N) is 1. The van der Waals surface area contributed by atoms with Crippen molar-refractivity contribution in [2.24, 2.45) is 11.8 Å². The lowest BCUT2D eigenvalue weighted by molar-refractivity contribution is 0.0302. The summed E-state index contributed by atoms with van der Waals surface area (Å²) in [6.45, 7) is 4.22. The Kier molecular flexibility index (Phi) is 7.48. The van der Waals surface area contributed by atoms with E-state index < -0.39 is 0 Å². The highest BCUT2D eigenvalue weighted by molar-refractivity contribution is 4.83. The van der Waals surface area contributed by atoms with Crippen LogP contribution >= 0.6 is 0 Å². The predicted octanol–water partition coefficient (Wildman–Crippen LogP) is 2.98. The van der Waals surface area contributed by atoms with Crippen LogP contribution < -0.4 is 0 Å². The molecule has 2 aliphatic rings. The van der Waals surface area contributed by atoms with Crippen LogP contribution in [-0.2, 0) is 0 Å². The Morgan fingerprint density at radius 1 is 0.714 bits per heavy atom. The van der Waals surface area contributed by atoms with Crippen LogP contribution in [0.25, 0.3) is 0 Å². The van der Waals surface area contributed by atoms with Gasteiger partial charge in [0.2, 0.25) is 0 Å². The van der Waals surface area contributed by atoms with E-state index in [4.69, 9.17) is 0 Å². The van der Waals surface area contributed by atoms with Crippen molar-refractivity contribution in [1.82, 2.24) is 9.80 Å². The Balaban J connectivity index is 2.02.